The fourth-order valence-corrected chi connectivity index (χ4v) is 2.55. The van der Waals surface area contributed by atoms with Gasteiger partial charge < -0.3 is 10.6 Å². The molecule has 1 aromatic heterocycles. The number of nitrogens with two attached hydrogens (primary N) is 1. The summed E-state index contributed by atoms with van der Waals surface area (Å²) in [7, 11) is 0. The van der Waals surface area contributed by atoms with E-state index >= 15 is 0 Å². The lowest BCUT2D eigenvalue weighted by atomic mass is 9.98. The molecular weight excluding hydrogens is 222 g/mol. The molecule has 0 saturated heterocycles. The third-order valence-electron chi connectivity index (χ3n) is 3.55. The molecule has 0 atom stereocenters. The highest BCUT2D eigenvalue weighted by Gasteiger charge is 2.18. The Morgan fingerprint density at radius 3 is 3.00 bits per heavy atom. The minimum absolute atomic E-state index is 0.894. The molecule has 0 spiro atoms. The number of hydrogen-bond acceptors (Lipinski definition) is 3. The predicted octanol–water partition coefficient (Wildman–Crippen LogP) is 2.53. The summed E-state index contributed by atoms with van der Waals surface area (Å²) < 4.78 is 0. The monoisotopic (exact) mass is 239 g/mol. The van der Waals surface area contributed by atoms with E-state index in [1.807, 2.05) is 25.3 Å². The van der Waals surface area contributed by atoms with Crippen LogP contribution in [0.2, 0.25) is 0 Å². The van der Waals surface area contributed by atoms with Crippen LogP contribution in [0.1, 0.15) is 16.8 Å². The van der Waals surface area contributed by atoms with E-state index < -0.39 is 0 Å². The van der Waals surface area contributed by atoms with Crippen LogP contribution in [0.5, 0.6) is 0 Å². The quantitative estimate of drug-likeness (QED) is 0.778. The van der Waals surface area contributed by atoms with Gasteiger partial charge in [0, 0.05) is 36.4 Å². The summed E-state index contributed by atoms with van der Waals surface area (Å²) >= 11 is 0. The summed E-state index contributed by atoms with van der Waals surface area (Å²) in [6.07, 6.45) is 2.93. The van der Waals surface area contributed by atoms with Gasteiger partial charge in [0.25, 0.3) is 0 Å². The number of anilines is 2. The first-order valence-electron chi connectivity index (χ1n) is 6.28. The molecule has 2 heterocycles. The van der Waals surface area contributed by atoms with Crippen molar-refractivity contribution in [2.24, 2.45) is 0 Å². The second-order valence-electron chi connectivity index (χ2n) is 4.81. The van der Waals surface area contributed by atoms with Gasteiger partial charge in [0.1, 0.15) is 0 Å². The van der Waals surface area contributed by atoms with Gasteiger partial charge in [0.05, 0.1) is 0 Å². The summed E-state index contributed by atoms with van der Waals surface area (Å²) in [5, 5.41) is 0. The zero-order chi connectivity index (χ0) is 12.5. The van der Waals surface area contributed by atoms with Crippen molar-refractivity contribution in [1.82, 2.24) is 4.98 Å². The first kappa shape index (κ1) is 11.1. The lowest BCUT2D eigenvalue weighted by Crippen LogP contribution is -2.31. The van der Waals surface area contributed by atoms with E-state index in [0.29, 0.717) is 0 Å². The van der Waals surface area contributed by atoms with Crippen molar-refractivity contribution in [2.75, 3.05) is 17.2 Å². The highest BCUT2D eigenvalue weighted by Crippen LogP contribution is 2.27. The van der Waals surface area contributed by atoms with E-state index in [9.17, 15) is 0 Å². The highest BCUT2D eigenvalue weighted by molar-refractivity contribution is 5.57. The standard InChI is InChI=1S/C15H17N3/c1-11-9-13(5-7-17-11)18-8-6-12-3-2-4-15(16)14(12)10-18/h2-5,7,9H,6,8,10,16H2,1H3. The number of nitrogens with zero attached hydrogens (tertiary/aromatic N) is 2. The van der Waals surface area contributed by atoms with Crippen molar-refractivity contribution in [3.8, 4) is 0 Å². The Bertz CT molecular complexity index is 578. The van der Waals surface area contributed by atoms with Crippen LogP contribution in [0.4, 0.5) is 11.4 Å². The summed E-state index contributed by atoms with van der Waals surface area (Å²) in [6, 6.07) is 10.4. The van der Waals surface area contributed by atoms with Gasteiger partial charge >= 0.3 is 0 Å². The van der Waals surface area contributed by atoms with Crippen molar-refractivity contribution in [1.29, 1.82) is 0 Å². The molecule has 0 amide bonds. The molecule has 92 valence electrons. The van der Waals surface area contributed by atoms with E-state index in [0.717, 1.165) is 30.9 Å². The second-order valence-corrected chi connectivity index (χ2v) is 4.81. The van der Waals surface area contributed by atoms with E-state index in [4.69, 9.17) is 5.73 Å². The number of benzene rings is 1. The maximum absolute atomic E-state index is 6.07. The van der Waals surface area contributed by atoms with Crippen LogP contribution >= 0.6 is 0 Å². The van der Waals surface area contributed by atoms with Gasteiger partial charge in [-0.25, -0.2) is 0 Å². The normalized spacial score (nSPS) is 14.4. The third-order valence-corrected chi connectivity index (χ3v) is 3.55. The molecule has 2 N–H and O–H groups in total. The molecular formula is C15H17N3. The van der Waals surface area contributed by atoms with Gasteiger partial charge in [-0.2, -0.15) is 0 Å². The molecule has 3 rings (SSSR count). The summed E-state index contributed by atoms with van der Waals surface area (Å²) in [6.45, 7) is 3.96. The highest BCUT2D eigenvalue weighted by atomic mass is 15.1. The molecule has 1 aliphatic heterocycles. The van der Waals surface area contributed by atoms with Crippen LogP contribution in [0.25, 0.3) is 0 Å². The van der Waals surface area contributed by atoms with Gasteiger partial charge in [0.15, 0.2) is 0 Å². The second kappa shape index (κ2) is 4.33. The first-order chi connectivity index (χ1) is 8.74. The molecule has 1 aromatic carbocycles. The van der Waals surface area contributed by atoms with Crippen LogP contribution in [0.15, 0.2) is 36.5 Å². The van der Waals surface area contributed by atoms with Gasteiger partial charge in [-0.3, -0.25) is 4.98 Å². The van der Waals surface area contributed by atoms with Crippen LogP contribution in [0, 0.1) is 6.92 Å². The van der Waals surface area contributed by atoms with Crippen LogP contribution < -0.4 is 10.6 Å². The summed E-state index contributed by atoms with van der Waals surface area (Å²) in [5.74, 6) is 0. The Balaban J connectivity index is 1.93. The average molecular weight is 239 g/mol. The Morgan fingerprint density at radius 1 is 1.28 bits per heavy atom. The number of pyridine rings is 1. The van der Waals surface area contributed by atoms with Gasteiger partial charge in [-0.05, 0) is 42.7 Å². The molecule has 0 unspecified atom stereocenters. The summed E-state index contributed by atoms with van der Waals surface area (Å²) in [5.41, 5.74) is 11.9. The molecule has 0 aliphatic carbocycles. The summed E-state index contributed by atoms with van der Waals surface area (Å²) in [4.78, 5) is 6.61. The van der Waals surface area contributed by atoms with Gasteiger partial charge in [0.2, 0.25) is 0 Å². The van der Waals surface area contributed by atoms with E-state index in [1.165, 1.54) is 16.8 Å². The third kappa shape index (κ3) is 1.92. The lowest BCUT2D eigenvalue weighted by Gasteiger charge is -2.31. The van der Waals surface area contributed by atoms with Crippen molar-refractivity contribution in [3.63, 3.8) is 0 Å². The number of fused-ring (bicyclic) bond motifs is 1. The minimum atomic E-state index is 0.894. The smallest absolute Gasteiger partial charge is 0.0452 e. The predicted molar refractivity (Wildman–Crippen MR) is 74.6 cm³/mol. The topological polar surface area (TPSA) is 42.1 Å². The number of rotatable bonds is 1. The fraction of sp³-hybridized carbons (Fsp3) is 0.267. The fourth-order valence-electron chi connectivity index (χ4n) is 2.55. The maximum atomic E-state index is 6.07. The molecule has 0 saturated carbocycles. The van der Waals surface area contributed by atoms with Crippen LogP contribution in [-0.2, 0) is 13.0 Å². The number of hydrogen-bond donors (Lipinski definition) is 1. The zero-order valence-electron chi connectivity index (χ0n) is 10.6. The maximum Gasteiger partial charge on any atom is 0.0452 e. The molecule has 1 aliphatic rings. The van der Waals surface area contributed by atoms with Crippen molar-refractivity contribution >= 4 is 11.4 Å². The van der Waals surface area contributed by atoms with E-state index in [1.54, 1.807) is 0 Å². The largest absolute Gasteiger partial charge is 0.398 e. The van der Waals surface area contributed by atoms with Crippen molar-refractivity contribution in [3.05, 3.63) is 53.3 Å². The molecule has 3 heteroatoms. The molecule has 2 aromatic rings. The van der Waals surface area contributed by atoms with Gasteiger partial charge in [-0.1, -0.05) is 12.1 Å². The Kier molecular flexibility index (Phi) is 2.67. The van der Waals surface area contributed by atoms with Crippen LogP contribution in [0.3, 0.4) is 0 Å². The average Bonchev–Trinajstić information content (AvgIpc) is 2.39. The van der Waals surface area contributed by atoms with E-state index in [-0.39, 0.29) is 0 Å². The SMILES string of the molecule is Cc1cc(N2CCc3cccc(N)c3C2)ccn1. The lowest BCUT2D eigenvalue weighted by molar-refractivity contribution is 0.732. The Hall–Kier alpha value is -2.03. The minimum Gasteiger partial charge on any atom is -0.398 e. The number of aromatic nitrogens is 1. The van der Waals surface area contributed by atoms with E-state index in [2.05, 4.69) is 28.1 Å². The zero-order valence-corrected chi connectivity index (χ0v) is 10.6. The van der Waals surface area contributed by atoms with Crippen LogP contribution in [-0.4, -0.2) is 11.5 Å². The van der Waals surface area contributed by atoms with Crippen molar-refractivity contribution < 1.29 is 0 Å². The first-order valence-corrected chi connectivity index (χ1v) is 6.28. The van der Waals surface area contributed by atoms with Gasteiger partial charge in [-0.15, -0.1) is 0 Å². The Labute approximate surface area is 107 Å². The number of aryl methyl sites for hydroxylation is 1. The molecule has 3 nitrogen and oxygen atoms in total. The molecule has 0 bridgehead atoms. The molecule has 18 heavy (non-hydrogen) atoms. The Morgan fingerprint density at radius 2 is 2.17 bits per heavy atom. The molecule has 0 radical (unpaired) electrons. The van der Waals surface area contributed by atoms with Crippen molar-refractivity contribution in [2.45, 2.75) is 19.9 Å². The molecule has 0 fully saturated rings. The number of nitrogen functional groups attached to an aromatic ring is 1.